The molecule has 0 aromatic carbocycles. The van der Waals surface area contributed by atoms with Gasteiger partial charge in [0.15, 0.2) is 11.5 Å². The van der Waals surface area contributed by atoms with Gasteiger partial charge in [-0.25, -0.2) is 4.68 Å². The zero-order valence-corrected chi connectivity index (χ0v) is 8.99. The van der Waals surface area contributed by atoms with E-state index in [1.165, 1.54) is 30.4 Å². The number of carbonyl (C=O) groups is 1. The highest BCUT2D eigenvalue weighted by molar-refractivity contribution is 5.95. The highest BCUT2D eigenvalue weighted by Crippen LogP contribution is 2.13. The molecule has 0 unspecified atom stereocenters. The maximum absolute atomic E-state index is 11.0. The SMILES string of the molecule is COc1cncc(-n2cc(N)c(C(N)=O)n2)n1. The molecule has 0 aliphatic rings. The fraction of sp³-hybridized carbons (Fsp3) is 0.111. The first-order valence-corrected chi connectivity index (χ1v) is 4.63. The fourth-order valence-electron chi connectivity index (χ4n) is 1.24. The van der Waals surface area contributed by atoms with E-state index in [9.17, 15) is 4.79 Å². The standard InChI is InChI=1S/C9H10N6O2/c1-17-7-3-12-2-6(13-7)15-4-5(10)8(14-15)9(11)16/h2-4H,10H2,1H3,(H2,11,16). The monoisotopic (exact) mass is 234 g/mol. The molecular formula is C9H10N6O2. The lowest BCUT2D eigenvalue weighted by molar-refractivity contribution is 0.0996. The molecule has 2 heterocycles. The average Bonchev–Trinajstić information content (AvgIpc) is 2.71. The maximum atomic E-state index is 11.0. The number of nitrogens with two attached hydrogens (primary N) is 2. The van der Waals surface area contributed by atoms with Crippen LogP contribution >= 0.6 is 0 Å². The molecule has 0 spiro atoms. The van der Waals surface area contributed by atoms with Gasteiger partial charge in [-0.15, -0.1) is 0 Å². The lowest BCUT2D eigenvalue weighted by Crippen LogP contribution is -2.14. The van der Waals surface area contributed by atoms with Gasteiger partial charge in [0.25, 0.3) is 5.91 Å². The summed E-state index contributed by atoms with van der Waals surface area (Å²) in [5.74, 6) is 0.0119. The Hall–Kier alpha value is -2.64. The fourth-order valence-corrected chi connectivity index (χ4v) is 1.24. The van der Waals surface area contributed by atoms with Gasteiger partial charge in [-0.3, -0.25) is 9.78 Å². The highest BCUT2D eigenvalue weighted by Gasteiger charge is 2.13. The van der Waals surface area contributed by atoms with Crippen molar-refractivity contribution in [2.75, 3.05) is 12.8 Å². The smallest absolute Gasteiger partial charge is 0.271 e. The van der Waals surface area contributed by atoms with Crippen molar-refractivity contribution in [1.82, 2.24) is 19.7 Å². The van der Waals surface area contributed by atoms with E-state index < -0.39 is 5.91 Å². The molecule has 8 heteroatoms. The number of methoxy groups -OCH3 is 1. The first kappa shape index (κ1) is 10.9. The van der Waals surface area contributed by atoms with Crippen LogP contribution in [-0.2, 0) is 0 Å². The molecule has 0 radical (unpaired) electrons. The van der Waals surface area contributed by atoms with Crippen molar-refractivity contribution in [2.45, 2.75) is 0 Å². The van der Waals surface area contributed by atoms with Crippen molar-refractivity contribution in [2.24, 2.45) is 5.73 Å². The van der Waals surface area contributed by atoms with Crippen molar-refractivity contribution in [3.05, 3.63) is 24.3 Å². The minimum Gasteiger partial charge on any atom is -0.480 e. The van der Waals surface area contributed by atoms with Crippen molar-refractivity contribution >= 4 is 11.6 Å². The number of nitrogen functional groups attached to an aromatic ring is 1. The van der Waals surface area contributed by atoms with Gasteiger partial charge < -0.3 is 16.2 Å². The minimum atomic E-state index is -0.697. The van der Waals surface area contributed by atoms with E-state index >= 15 is 0 Å². The molecule has 0 aliphatic carbocycles. The van der Waals surface area contributed by atoms with E-state index in [2.05, 4.69) is 15.1 Å². The predicted octanol–water partition coefficient (Wildman–Crippen LogP) is -0.648. The van der Waals surface area contributed by atoms with Crippen LogP contribution in [-0.4, -0.2) is 32.8 Å². The summed E-state index contributed by atoms with van der Waals surface area (Å²) in [6.07, 6.45) is 4.34. The van der Waals surface area contributed by atoms with Crippen LogP contribution in [0.4, 0.5) is 5.69 Å². The quantitative estimate of drug-likeness (QED) is 0.727. The summed E-state index contributed by atoms with van der Waals surface area (Å²) in [6, 6.07) is 0. The van der Waals surface area contributed by atoms with Crippen LogP contribution in [0.15, 0.2) is 18.6 Å². The Morgan fingerprint density at radius 3 is 2.82 bits per heavy atom. The van der Waals surface area contributed by atoms with Gasteiger partial charge in [0.1, 0.15) is 0 Å². The summed E-state index contributed by atoms with van der Waals surface area (Å²) < 4.78 is 6.23. The second kappa shape index (κ2) is 4.08. The third-order valence-corrected chi connectivity index (χ3v) is 2.02. The van der Waals surface area contributed by atoms with Gasteiger partial charge in [0, 0.05) is 0 Å². The van der Waals surface area contributed by atoms with Crippen LogP contribution in [0, 0.1) is 0 Å². The number of hydrogen-bond acceptors (Lipinski definition) is 6. The average molecular weight is 234 g/mol. The molecule has 0 aliphatic heterocycles. The number of ether oxygens (including phenoxy) is 1. The number of carbonyl (C=O) groups excluding carboxylic acids is 1. The summed E-state index contributed by atoms with van der Waals surface area (Å²) in [6.45, 7) is 0. The van der Waals surface area contributed by atoms with Crippen molar-refractivity contribution in [1.29, 1.82) is 0 Å². The Balaban J connectivity index is 2.46. The van der Waals surface area contributed by atoms with Crippen LogP contribution in [0.5, 0.6) is 5.88 Å². The van der Waals surface area contributed by atoms with E-state index in [1.807, 2.05) is 0 Å². The zero-order valence-electron chi connectivity index (χ0n) is 8.99. The normalized spacial score (nSPS) is 10.2. The largest absolute Gasteiger partial charge is 0.480 e. The van der Waals surface area contributed by atoms with Crippen molar-refractivity contribution in [3.63, 3.8) is 0 Å². The molecule has 2 aromatic rings. The lowest BCUT2D eigenvalue weighted by atomic mass is 10.4. The Bertz CT molecular complexity index is 564. The maximum Gasteiger partial charge on any atom is 0.271 e. The molecule has 2 rings (SSSR count). The third-order valence-electron chi connectivity index (χ3n) is 2.02. The molecule has 0 bridgehead atoms. The van der Waals surface area contributed by atoms with Crippen LogP contribution in [0.2, 0.25) is 0 Å². The number of hydrogen-bond donors (Lipinski definition) is 2. The Labute approximate surface area is 96.2 Å². The highest BCUT2D eigenvalue weighted by atomic mass is 16.5. The molecule has 0 fully saturated rings. The van der Waals surface area contributed by atoms with Crippen molar-refractivity contribution < 1.29 is 9.53 Å². The van der Waals surface area contributed by atoms with Gasteiger partial charge in [0.05, 0.1) is 31.4 Å². The number of aromatic nitrogens is 4. The van der Waals surface area contributed by atoms with Crippen LogP contribution in [0.25, 0.3) is 5.82 Å². The van der Waals surface area contributed by atoms with E-state index in [0.29, 0.717) is 11.7 Å². The van der Waals surface area contributed by atoms with Gasteiger partial charge in [-0.1, -0.05) is 0 Å². The van der Waals surface area contributed by atoms with Crippen LogP contribution in [0.3, 0.4) is 0 Å². The Morgan fingerprint density at radius 1 is 1.47 bits per heavy atom. The number of primary amides is 1. The molecule has 1 amide bonds. The minimum absolute atomic E-state index is 0.00498. The van der Waals surface area contributed by atoms with Gasteiger partial charge in [-0.05, 0) is 0 Å². The Morgan fingerprint density at radius 2 is 2.24 bits per heavy atom. The van der Waals surface area contributed by atoms with Gasteiger partial charge in [-0.2, -0.15) is 10.1 Å². The van der Waals surface area contributed by atoms with Crippen LogP contribution < -0.4 is 16.2 Å². The first-order chi connectivity index (χ1) is 8.11. The first-order valence-electron chi connectivity index (χ1n) is 4.63. The van der Waals surface area contributed by atoms with Gasteiger partial charge >= 0.3 is 0 Å². The molecule has 0 atom stereocenters. The lowest BCUT2D eigenvalue weighted by Gasteiger charge is -2.01. The van der Waals surface area contributed by atoms with E-state index in [1.54, 1.807) is 0 Å². The zero-order chi connectivity index (χ0) is 12.4. The second-order valence-corrected chi connectivity index (χ2v) is 3.16. The summed E-state index contributed by atoms with van der Waals surface area (Å²) in [5, 5.41) is 3.91. The number of nitrogens with zero attached hydrogens (tertiary/aromatic N) is 4. The topological polar surface area (TPSA) is 122 Å². The summed E-state index contributed by atoms with van der Waals surface area (Å²) >= 11 is 0. The molecule has 0 saturated carbocycles. The summed E-state index contributed by atoms with van der Waals surface area (Å²) in [7, 11) is 1.47. The van der Waals surface area contributed by atoms with E-state index in [-0.39, 0.29) is 11.4 Å². The molecule has 2 aromatic heterocycles. The second-order valence-electron chi connectivity index (χ2n) is 3.16. The number of anilines is 1. The molecular weight excluding hydrogens is 224 g/mol. The molecule has 4 N–H and O–H groups in total. The molecule has 0 saturated heterocycles. The Kier molecular flexibility index (Phi) is 2.61. The third kappa shape index (κ3) is 2.00. The number of rotatable bonds is 3. The molecule has 88 valence electrons. The van der Waals surface area contributed by atoms with Crippen LogP contribution in [0.1, 0.15) is 10.5 Å². The van der Waals surface area contributed by atoms with Gasteiger partial charge in [0.2, 0.25) is 5.88 Å². The van der Waals surface area contributed by atoms with E-state index in [0.717, 1.165) is 0 Å². The molecule has 8 nitrogen and oxygen atoms in total. The van der Waals surface area contributed by atoms with E-state index in [4.69, 9.17) is 16.2 Å². The summed E-state index contributed by atoms with van der Waals surface area (Å²) in [5.41, 5.74) is 10.9. The summed E-state index contributed by atoms with van der Waals surface area (Å²) in [4.78, 5) is 19.0. The number of amides is 1. The predicted molar refractivity (Wildman–Crippen MR) is 58.6 cm³/mol. The van der Waals surface area contributed by atoms with Crippen molar-refractivity contribution in [3.8, 4) is 11.7 Å². The molecule has 17 heavy (non-hydrogen) atoms.